The first-order valence-electron chi connectivity index (χ1n) is 6.60. The molecule has 4 heteroatoms. The lowest BCUT2D eigenvalue weighted by Gasteiger charge is -2.19. The minimum absolute atomic E-state index is 0.150. The Morgan fingerprint density at radius 3 is 3.00 bits per heavy atom. The van der Waals surface area contributed by atoms with Gasteiger partial charge in [0.15, 0.2) is 5.96 Å². The number of aliphatic hydroxyl groups excluding tert-OH is 1. The first-order chi connectivity index (χ1) is 8.81. The lowest BCUT2D eigenvalue weighted by Crippen LogP contribution is -2.24. The van der Waals surface area contributed by atoms with Crippen molar-refractivity contribution in [2.45, 2.75) is 32.1 Å². The summed E-state index contributed by atoms with van der Waals surface area (Å²) in [5, 5.41) is 11.9. The molecule has 1 aromatic carbocycles. The van der Waals surface area contributed by atoms with E-state index in [0.29, 0.717) is 18.9 Å². The molecule has 0 heterocycles. The highest BCUT2D eigenvalue weighted by Gasteiger charge is 2.12. The van der Waals surface area contributed by atoms with Crippen LogP contribution in [0.25, 0.3) is 0 Å². The molecule has 0 aliphatic heterocycles. The molecule has 98 valence electrons. The van der Waals surface area contributed by atoms with E-state index in [0.717, 1.165) is 18.5 Å². The molecule has 4 N–H and O–H groups in total. The highest BCUT2D eigenvalue weighted by atomic mass is 16.3. The minimum Gasteiger partial charge on any atom is -0.396 e. The molecule has 2 rings (SSSR count). The van der Waals surface area contributed by atoms with Crippen molar-refractivity contribution in [3.05, 3.63) is 29.3 Å². The first kappa shape index (κ1) is 12.9. The van der Waals surface area contributed by atoms with Crippen molar-refractivity contribution in [1.29, 1.82) is 0 Å². The Morgan fingerprint density at radius 1 is 1.33 bits per heavy atom. The zero-order valence-electron chi connectivity index (χ0n) is 10.7. The standard InChI is InChI=1S/C14H21N3O/c15-14(16-9-4-10-18)17-13-8-3-6-11-5-1-2-7-12(11)13/h3,6,8,18H,1-2,4-5,7,9-10H2,(H3,15,16,17). The van der Waals surface area contributed by atoms with Gasteiger partial charge in [0.2, 0.25) is 0 Å². The number of nitrogens with two attached hydrogens (primary N) is 1. The van der Waals surface area contributed by atoms with Crippen LogP contribution in [0.2, 0.25) is 0 Å². The Hall–Kier alpha value is -1.55. The van der Waals surface area contributed by atoms with Gasteiger partial charge in [-0.1, -0.05) is 12.1 Å². The summed E-state index contributed by atoms with van der Waals surface area (Å²) in [7, 11) is 0. The van der Waals surface area contributed by atoms with E-state index in [1.807, 2.05) is 0 Å². The molecule has 0 bridgehead atoms. The summed E-state index contributed by atoms with van der Waals surface area (Å²) >= 11 is 0. The van der Waals surface area contributed by atoms with Crippen molar-refractivity contribution in [1.82, 2.24) is 0 Å². The maximum atomic E-state index is 8.70. The second kappa shape index (κ2) is 6.40. The monoisotopic (exact) mass is 247 g/mol. The second-order valence-corrected chi connectivity index (χ2v) is 4.62. The summed E-state index contributed by atoms with van der Waals surface area (Å²) in [5.41, 5.74) is 9.72. The van der Waals surface area contributed by atoms with Crippen LogP contribution in [0.15, 0.2) is 23.2 Å². The zero-order chi connectivity index (χ0) is 12.8. The molecule has 1 aliphatic rings. The molecule has 0 atom stereocenters. The van der Waals surface area contributed by atoms with Crippen LogP contribution in [0.1, 0.15) is 30.4 Å². The van der Waals surface area contributed by atoms with Crippen LogP contribution in [-0.4, -0.2) is 24.2 Å². The quantitative estimate of drug-likeness (QED) is 0.430. The highest BCUT2D eigenvalue weighted by molar-refractivity contribution is 5.93. The second-order valence-electron chi connectivity index (χ2n) is 4.62. The molecular weight excluding hydrogens is 226 g/mol. The van der Waals surface area contributed by atoms with Crippen LogP contribution in [-0.2, 0) is 12.8 Å². The number of aryl methyl sites for hydroxylation is 1. The van der Waals surface area contributed by atoms with E-state index >= 15 is 0 Å². The number of hydrogen-bond donors (Lipinski definition) is 3. The molecule has 1 aliphatic carbocycles. The molecule has 18 heavy (non-hydrogen) atoms. The molecule has 0 aromatic heterocycles. The molecule has 0 saturated carbocycles. The zero-order valence-corrected chi connectivity index (χ0v) is 10.7. The maximum Gasteiger partial charge on any atom is 0.193 e. The number of anilines is 1. The summed E-state index contributed by atoms with van der Waals surface area (Å²) < 4.78 is 0. The number of rotatable bonds is 4. The summed E-state index contributed by atoms with van der Waals surface area (Å²) in [5.74, 6) is 0.433. The van der Waals surface area contributed by atoms with E-state index in [1.54, 1.807) is 0 Å². The third-order valence-electron chi connectivity index (χ3n) is 3.26. The lowest BCUT2D eigenvalue weighted by atomic mass is 9.90. The third kappa shape index (κ3) is 3.23. The number of nitrogens with one attached hydrogen (secondary N) is 1. The Bertz CT molecular complexity index is 429. The van der Waals surface area contributed by atoms with Gasteiger partial charge >= 0.3 is 0 Å². The van der Waals surface area contributed by atoms with Crippen molar-refractivity contribution >= 4 is 11.6 Å². The van der Waals surface area contributed by atoms with Gasteiger partial charge in [-0.3, -0.25) is 4.99 Å². The van der Waals surface area contributed by atoms with Gasteiger partial charge in [0.25, 0.3) is 0 Å². The van der Waals surface area contributed by atoms with Gasteiger partial charge in [0, 0.05) is 18.8 Å². The predicted octanol–water partition coefficient (Wildman–Crippen LogP) is 1.67. The maximum absolute atomic E-state index is 8.70. The lowest BCUT2D eigenvalue weighted by molar-refractivity contribution is 0.291. The van der Waals surface area contributed by atoms with E-state index in [4.69, 9.17) is 10.8 Å². The van der Waals surface area contributed by atoms with Crippen LogP contribution in [0.4, 0.5) is 5.69 Å². The minimum atomic E-state index is 0.150. The Labute approximate surface area is 108 Å². The third-order valence-corrected chi connectivity index (χ3v) is 3.26. The van der Waals surface area contributed by atoms with Gasteiger partial charge in [-0.05, 0) is 49.3 Å². The van der Waals surface area contributed by atoms with Crippen LogP contribution >= 0.6 is 0 Å². The van der Waals surface area contributed by atoms with E-state index in [2.05, 4.69) is 28.5 Å². The Balaban J connectivity index is 2.07. The molecular formula is C14H21N3O. The predicted molar refractivity (Wildman–Crippen MR) is 74.9 cm³/mol. The van der Waals surface area contributed by atoms with Crippen molar-refractivity contribution in [2.75, 3.05) is 18.5 Å². The Kier molecular flexibility index (Phi) is 4.59. The molecule has 4 nitrogen and oxygen atoms in total. The van der Waals surface area contributed by atoms with Gasteiger partial charge in [-0.2, -0.15) is 0 Å². The van der Waals surface area contributed by atoms with Crippen molar-refractivity contribution in [3.63, 3.8) is 0 Å². The first-order valence-corrected chi connectivity index (χ1v) is 6.60. The van der Waals surface area contributed by atoms with Gasteiger partial charge in [-0.15, -0.1) is 0 Å². The smallest absolute Gasteiger partial charge is 0.193 e. The summed E-state index contributed by atoms with van der Waals surface area (Å²) in [6.45, 7) is 0.710. The van der Waals surface area contributed by atoms with Crippen LogP contribution in [0.5, 0.6) is 0 Å². The number of fused-ring (bicyclic) bond motifs is 1. The number of guanidine groups is 1. The van der Waals surface area contributed by atoms with Gasteiger partial charge < -0.3 is 16.2 Å². The number of nitrogens with zero attached hydrogens (tertiary/aromatic N) is 1. The van der Waals surface area contributed by atoms with Crippen LogP contribution < -0.4 is 11.1 Å². The van der Waals surface area contributed by atoms with E-state index in [9.17, 15) is 0 Å². The largest absolute Gasteiger partial charge is 0.396 e. The van der Waals surface area contributed by atoms with E-state index in [1.165, 1.54) is 24.0 Å². The van der Waals surface area contributed by atoms with Crippen molar-refractivity contribution in [2.24, 2.45) is 10.7 Å². The fraction of sp³-hybridized carbons (Fsp3) is 0.500. The number of aliphatic imine (C=N–C) groups is 1. The van der Waals surface area contributed by atoms with Gasteiger partial charge in [0.1, 0.15) is 0 Å². The molecule has 0 unspecified atom stereocenters. The van der Waals surface area contributed by atoms with Crippen molar-refractivity contribution in [3.8, 4) is 0 Å². The van der Waals surface area contributed by atoms with Gasteiger partial charge in [-0.25, -0.2) is 0 Å². The van der Waals surface area contributed by atoms with Gasteiger partial charge in [0.05, 0.1) is 0 Å². The van der Waals surface area contributed by atoms with E-state index in [-0.39, 0.29) is 6.61 Å². The van der Waals surface area contributed by atoms with Crippen molar-refractivity contribution < 1.29 is 5.11 Å². The fourth-order valence-corrected chi connectivity index (χ4v) is 2.35. The Morgan fingerprint density at radius 2 is 2.17 bits per heavy atom. The normalized spacial score (nSPS) is 15.3. The summed E-state index contributed by atoms with van der Waals surface area (Å²) in [6, 6.07) is 6.31. The molecule has 0 saturated heterocycles. The highest BCUT2D eigenvalue weighted by Crippen LogP contribution is 2.27. The number of benzene rings is 1. The molecule has 0 radical (unpaired) electrons. The number of hydrogen-bond acceptors (Lipinski definition) is 2. The fourth-order valence-electron chi connectivity index (χ4n) is 2.35. The molecule has 0 fully saturated rings. The number of aliphatic hydroxyl groups is 1. The average Bonchev–Trinajstić information content (AvgIpc) is 2.39. The van der Waals surface area contributed by atoms with Crippen LogP contribution in [0.3, 0.4) is 0 Å². The van der Waals surface area contributed by atoms with E-state index < -0.39 is 0 Å². The molecule has 1 aromatic rings. The molecule has 0 spiro atoms. The summed E-state index contributed by atoms with van der Waals surface area (Å²) in [4.78, 5) is 4.18. The topological polar surface area (TPSA) is 70.6 Å². The average molecular weight is 247 g/mol. The summed E-state index contributed by atoms with van der Waals surface area (Å²) in [6.07, 6.45) is 5.44. The van der Waals surface area contributed by atoms with Crippen LogP contribution in [0, 0.1) is 0 Å². The SMILES string of the molecule is NC(=NCCCO)Nc1cccc2c1CCCC2. The molecule has 0 amide bonds.